The number of hydrogen-bond acceptors (Lipinski definition) is 4. The first-order valence-corrected chi connectivity index (χ1v) is 8.98. The van der Waals surface area contributed by atoms with Crippen LogP contribution in [-0.2, 0) is 4.79 Å². The summed E-state index contributed by atoms with van der Waals surface area (Å²) in [6.07, 6.45) is 4.11. The Morgan fingerprint density at radius 3 is 2.40 bits per heavy atom. The van der Waals surface area contributed by atoms with Gasteiger partial charge in [-0.15, -0.1) is 0 Å². The van der Waals surface area contributed by atoms with Crippen LogP contribution in [0.4, 0.5) is 0 Å². The predicted molar refractivity (Wildman–Crippen MR) is 93.9 cm³/mol. The van der Waals surface area contributed by atoms with E-state index in [1.165, 1.54) is 0 Å². The van der Waals surface area contributed by atoms with Gasteiger partial charge in [-0.25, -0.2) is 0 Å². The van der Waals surface area contributed by atoms with E-state index >= 15 is 0 Å². The van der Waals surface area contributed by atoms with Crippen LogP contribution in [0.1, 0.15) is 41.6 Å². The zero-order valence-electron chi connectivity index (χ0n) is 14.4. The smallest absolute Gasteiger partial charge is 0.254 e. The zero-order chi connectivity index (χ0) is 17.6. The van der Waals surface area contributed by atoms with Gasteiger partial charge in [0.1, 0.15) is 6.54 Å². The fourth-order valence-corrected chi connectivity index (χ4v) is 3.60. The first-order chi connectivity index (χ1) is 12.2. The third-order valence-corrected chi connectivity index (χ3v) is 5.06. The summed E-state index contributed by atoms with van der Waals surface area (Å²) in [7, 11) is 0. The molecule has 2 aliphatic rings. The molecule has 1 aromatic carbocycles. The van der Waals surface area contributed by atoms with Crippen molar-refractivity contribution in [3.63, 3.8) is 0 Å². The highest BCUT2D eigenvalue weighted by Crippen LogP contribution is 2.25. The lowest BCUT2D eigenvalue weighted by Crippen LogP contribution is -2.51. The van der Waals surface area contributed by atoms with E-state index in [1.54, 1.807) is 29.2 Å². The highest BCUT2D eigenvalue weighted by Gasteiger charge is 2.30. The van der Waals surface area contributed by atoms with Crippen molar-refractivity contribution in [1.82, 2.24) is 15.1 Å². The van der Waals surface area contributed by atoms with E-state index in [-0.39, 0.29) is 24.4 Å². The molecule has 0 aromatic heterocycles. The van der Waals surface area contributed by atoms with Crippen LogP contribution in [0, 0.1) is 11.3 Å². The summed E-state index contributed by atoms with van der Waals surface area (Å²) in [5.74, 6) is -0.0877. The molecule has 1 aromatic rings. The molecule has 2 amide bonds. The molecule has 1 saturated carbocycles. The Hall–Kier alpha value is -2.39. The number of nitrogens with one attached hydrogen (secondary N) is 1. The fourth-order valence-electron chi connectivity index (χ4n) is 3.60. The molecule has 1 heterocycles. The average Bonchev–Trinajstić information content (AvgIpc) is 3.20. The molecule has 25 heavy (non-hydrogen) atoms. The first kappa shape index (κ1) is 17.4. The SMILES string of the molecule is N#Cc1ccc(C(=O)N(CC(=O)N2CCNCC2)C2CCCC2)cc1. The second-order valence-corrected chi connectivity index (χ2v) is 6.69. The van der Waals surface area contributed by atoms with E-state index in [0.29, 0.717) is 24.2 Å². The minimum absolute atomic E-state index is 0.0235. The second kappa shape index (κ2) is 8.13. The minimum Gasteiger partial charge on any atom is -0.339 e. The van der Waals surface area contributed by atoms with Gasteiger partial charge < -0.3 is 15.1 Å². The molecular formula is C19H24N4O2. The average molecular weight is 340 g/mol. The zero-order valence-corrected chi connectivity index (χ0v) is 14.4. The molecule has 6 heteroatoms. The van der Waals surface area contributed by atoms with Crippen LogP contribution in [0.3, 0.4) is 0 Å². The molecule has 1 N–H and O–H groups in total. The summed E-state index contributed by atoms with van der Waals surface area (Å²) < 4.78 is 0. The van der Waals surface area contributed by atoms with Gasteiger partial charge in [-0.2, -0.15) is 5.26 Å². The van der Waals surface area contributed by atoms with E-state index in [0.717, 1.165) is 38.8 Å². The van der Waals surface area contributed by atoms with Crippen molar-refractivity contribution < 1.29 is 9.59 Å². The van der Waals surface area contributed by atoms with Crippen LogP contribution in [-0.4, -0.2) is 60.4 Å². The van der Waals surface area contributed by atoms with E-state index < -0.39 is 0 Å². The van der Waals surface area contributed by atoms with Crippen molar-refractivity contribution >= 4 is 11.8 Å². The number of piperazine rings is 1. The number of hydrogen-bond donors (Lipinski definition) is 1. The topological polar surface area (TPSA) is 76.4 Å². The molecule has 2 fully saturated rings. The second-order valence-electron chi connectivity index (χ2n) is 6.69. The number of nitrogens with zero attached hydrogens (tertiary/aromatic N) is 3. The van der Waals surface area contributed by atoms with E-state index in [9.17, 15) is 9.59 Å². The van der Waals surface area contributed by atoms with Crippen molar-refractivity contribution in [3.8, 4) is 6.07 Å². The first-order valence-electron chi connectivity index (χ1n) is 8.98. The maximum Gasteiger partial charge on any atom is 0.254 e. The molecule has 1 saturated heterocycles. The van der Waals surface area contributed by atoms with Gasteiger partial charge in [-0.05, 0) is 37.1 Å². The monoisotopic (exact) mass is 340 g/mol. The molecule has 0 bridgehead atoms. The number of benzene rings is 1. The Bertz CT molecular complexity index is 653. The van der Waals surface area contributed by atoms with Gasteiger partial charge in [0.2, 0.25) is 5.91 Å². The van der Waals surface area contributed by atoms with Gasteiger partial charge in [-0.3, -0.25) is 9.59 Å². The number of amides is 2. The molecule has 132 valence electrons. The summed E-state index contributed by atoms with van der Waals surface area (Å²) in [4.78, 5) is 29.3. The molecule has 1 aliphatic heterocycles. The van der Waals surface area contributed by atoms with Crippen molar-refractivity contribution in [2.45, 2.75) is 31.7 Å². The van der Waals surface area contributed by atoms with Gasteiger partial charge in [0.25, 0.3) is 5.91 Å². The van der Waals surface area contributed by atoms with Gasteiger partial charge in [-0.1, -0.05) is 12.8 Å². The molecule has 3 rings (SSSR count). The maximum absolute atomic E-state index is 13.0. The Morgan fingerprint density at radius 2 is 1.80 bits per heavy atom. The predicted octanol–water partition coefficient (Wildman–Crippen LogP) is 1.37. The van der Waals surface area contributed by atoms with Crippen LogP contribution < -0.4 is 5.32 Å². The molecule has 0 spiro atoms. The maximum atomic E-state index is 13.0. The molecule has 6 nitrogen and oxygen atoms in total. The fraction of sp³-hybridized carbons (Fsp3) is 0.526. The van der Waals surface area contributed by atoms with Gasteiger partial charge in [0.05, 0.1) is 11.6 Å². The van der Waals surface area contributed by atoms with Crippen LogP contribution in [0.2, 0.25) is 0 Å². The number of carbonyl (C=O) groups excluding carboxylic acids is 2. The summed E-state index contributed by atoms with van der Waals surface area (Å²) in [5.41, 5.74) is 1.07. The summed E-state index contributed by atoms with van der Waals surface area (Å²) in [5, 5.41) is 12.1. The van der Waals surface area contributed by atoms with E-state index in [2.05, 4.69) is 11.4 Å². The molecule has 0 atom stereocenters. The van der Waals surface area contributed by atoms with Crippen LogP contribution in [0.5, 0.6) is 0 Å². The molecule has 1 aliphatic carbocycles. The summed E-state index contributed by atoms with van der Waals surface area (Å²) in [6.45, 7) is 3.14. The lowest BCUT2D eigenvalue weighted by Gasteiger charge is -2.33. The Morgan fingerprint density at radius 1 is 1.16 bits per heavy atom. The van der Waals surface area contributed by atoms with Crippen molar-refractivity contribution in [2.75, 3.05) is 32.7 Å². The highest BCUT2D eigenvalue weighted by atomic mass is 16.2. The normalized spacial score (nSPS) is 18.0. The standard InChI is InChI=1S/C19H24N4O2/c20-13-15-5-7-16(8-6-15)19(25)23(17-3-1-2-4-17)14-18(24)22-11-9-21-10-12-22/h5-8,17,21H,1-4,9-12,14H2. The third-order valence-electron chi connectivity index (χ3n) is 5.06. The van der Waals surface area contributed by atoms with E-state index in [1.807, 2.05) is 4.90 Å². The minimum atomic E-state index is -0.111. The Labute approximate surface area is 148 Å². The van der Waals surface area contributed by atoms with Crippen LogP contribution >= 0.6 is 0 Å². The highest BCUT2D eigenvalue weighted by molar-refractivity contribution is 5.96. The number of rotatable bonds is 4. The largest absolute Gasteiger partial charge is 0.339 e. The number of nitriles is 1. The van der Waals surface area contributed by atoms with Gasteiger partial charge >= 0.3 is 0 Å². The van der Waals surface area contributed by atoms with Crippen molar-refractivity contribution in [1.29, 1.82) is 5.26 Å². The van der Waals surface area contributed by atoms with Crippen molar-refractivity contribution in [3.05, 3.63) is 35.4 Å². The quantitative estimate of drug-likeness (QED) is 0.898. The molecule has 0 unspecified atom stereocenters. The van der Waals surface area contributed by atoms with Crippen LogP contribution in [0.25, 0.3) is 0 Å². The van der Waals surface area contributed by atoms with Gasteiger partial charge in [0.15, 0.2) is 0 Å². The van der Waals surface area contributed by atoms with Crippen molar-refractivity contribution in [2.24, 2.45) is 0 Å². The van der Waals surface area contributed by atoms with E-state index in [4.69, 9.17) is 5.26 Å². The summed E-state index contributed by atoms with van der Waals surface area (Å²) >= 11 is 0. The van der Waals surface area contributed by atoms with Crippen LogP contribution in [0.15, 0.2) is 24.3 Å². The summed E-state index contributed by atoms with van der Waals surface area (Å²) in [6, 6.07) is 8.85. The lowest BCUT2D eigenvalue weighted by atomic mass is 10.1. The Kier molecular flexibility index (Phi) is 5.67. The third kappa shape index (κ3) is 4.18. The molecule has 0 radical (unpaired) electrons. The number of carbonyl (C=O) groups is 2. The van der Waals surface area contributed by atoms with Gasteiger partial charge in [0, 0.05) is 37.8 Å². The molecular weight excluding hydrogens is 316 g/mol. The lowest BCUT2D eigenvalue weighted by molar-refractivity contribution is -0.132. The Balaban J connectivity index is 1.75.